The van der Waals surface area contributed by atoms with Crippen molar-refractivity contribution in [1.29, 1.82) is 0 Å². The SMILES string of the molecule is C=CS(=O)(=O)N(C)c1cccc(-c2ccc(C(N)=O)c3c2-c2ccc(C(C)(C)O)cc2C3)c1. The van der Waals surface area contributed by atoms with E-state index in [-0.39, 0.29) is 0 Å². The maximum atomic E-state index is 12.3. The second-order valence-corrected chi connectivity index (χ2v) is 10.6. The number of nitrogens with zero attached hydrogens (tertiary/aromatic N) is 1. The molecular weight excluding hydrogens is 436 g/mol. The van der Waals surface area contributed by atoms with Gasteiger partial charge in [0.15, 0.2) is 0 Å². The van der Waals surface area contributed by atoms with Crippen LogP contribution in [0.5, 0.6) is 0 Å². The molecule has 0 aliphatic heterocycles. The first-order chi connectivity index (χ1) is 15.4. The number of aliphatic hydroxyl groups is 1. The van der Waals surface area contributed by atoms with Crippen LogP contribution in [0.4, 0.5) is 5.69 Å². The summed E-state index contributed by atoms with van der Waals surface area (Å²) < 4.78 is 25.7. The first kappa shape index (κ1) is 22.8. The van der Waals surface area contributed by atoms with Crippen molar-refractivity contribution in [3.63, 3.8) is 0 Å². The number of rotatable bonds is 6. The van der Waals surface area contributed by atoms with Crippen LogP contribution in [-0.4, -0.2) is 26.5 Å². The smallest absolute Gasteiger partial charge is 0.256 e. The zero-order valence-electron chi connectivity index (χ0n) is 18.8. The Labute approximate surface area is 194 Å². The van der Waals surface area contributed by atoms with E-state index in [4.69, 9.17) is 5.73 Å². The van der Waals surface area contributed by atoms with Crippen molar-refractivity contribution in [2.75, 3.05) is 11.4 Å². The highest BCUT2D eigenvalue weighted by atomic mass is 32.2. The quantitative estimate of drug-likeness (QED) is 0.449. The van der Waals surface area contributed by atoms with E-state index in [2.05, 4.69) is 6.58 Å². The number of anilines is 1. The van der Waals surface area contributed by atoms with E-state index in [1.807, 2.05) is 30.3 Å². The lowest BCUT2D eigenvalue weighted by Gasteiger charge is -2.20. The van der Waals surface area contributed by atoms with Gasteiger partial charge in [-0.25, -0.2) is 8.42 Å². The van der Waals surface area contributed by atoms with Gasteiger partial charge in [0, 0.05) is 18.0 Å². The number of benzene rings is 3. The summed E-state index contributed by atoms with van der Waals surface area (Å²) in [5, 5.41) is 11.4. The molecule has 0 saturated carbocycles. The van der Waals surface area contributed by atoms with Crippen LogP contribution in [0.2, 0.25) is 0 Å². The highest BCUT2D eigenvalue weighted by Gasteiger charge is 2.28. The zero-order chi connectivity index (χ0) is 24.1. The van der Waals surface area contributed by atoms with E-state index in [9.17, 15) is 18.3 Å². The van der Waals surface area contributed by atoms with Crippen LogP contribution in [0.25, 0.3) is 22.3 Å². The molecule has 0 spiro atoms. The molecule has 0 fully saturated rings. The molecule has 1 amide bonds. The van der Waals surface area contributed by atoms with Gasteiger partial charge in [-0.15, -0.1) is 0 Å². The number of carbonyl (C=O) groups excluding carboxylic acids is 1. The lowest BCUT2D eigenvalue weighted by atomic mass is 9.90. The van der Waals surface area contributed by atoms with Crippen molar-refractivity contribution >= 4 is 21.6 Å². The largest absolute Gasteiger partial charge is 0.386 e. The van der Waals surface area contributed by atoms with Crippen LogP contribution >= 0.6 is 0 Å². The summed E-state index contributed by atoms with van der Waals surface area (Å²) in [6, 6.07) is 16.6. The predicted octanol–water partition coefficient (Wildman–Crippen LogP) is 4.16. The van der Waals surface area contributed by atoms with Crippen LogP contribution in [0.15, 0.2) is 66.6 Å². The van der Waals surface area contributed by atoms with Crippen molar-refractivity contribution in [2.45, 2.75) is 25.9 Å². The molecule has 4 rings (SSSR count). The molecule has 7 heteroatoms. The Morgan fingerprint density at radius 1 is 1.12 bits per heavy atom. The molecular formula is C26H26N2O4S. The summed E-state index contributed by atoms with van der Waals surface area (Å²) in [4.78, 5) is 12.2. The van der Waals surface area contributed by atoms with Gasteiger partial charge in [-0.2, -0.15) is 0 Å². The number of nitrogens with two attached hydrogens (primary N) is 1. The molecule has 33 heavy (non-hydrogen) atoms. The Kier molecular flexibility index (Phi) is 5.42. The molecule has 3 N–H and O–H groups in total. The van der Waals surface area contributed by atoms with Gasteiger partial charge < -0.3 is 10.8 Å². The Morgan fingerprint density at radius 2 is 1.82 bits per heavy atom. The molecule has 1 aliphatic carbocycles. The Morgan fingerprint density at radius 3 is 2.45 bits per heavy atom. The van der Waals surface area contributed by atoms with Crippen molar-refractivity contribution < 1.29 is 18.3 Å². The van der Waals surface area contributed by atoms with Gasteiger partial charge in [0.05, 0.1) is 11.3 Å². The Hall–Kier alpha value is -3.42. The molecule has 0 radical (unpaired) electrons. The predicted molar refractivity (Wildman–Crippen MR) is 131 cm³/mol. The van der Waals surface area contributed by atoms with E-state index >= 15 is 0 Å². The molecule has 3 aromatic rings. The van der Waals surface area contributed by atoms with Crippen molar-refractivity contribution in [3.8, 4) is 22.3 Å². The minimum Gasteiger partial charge on any atom is -0.386 e. The summed E-state index contributed by atoms with van der Waals surface area (Å²) in [5.74, 6) is -0.501. The maximum Gasteiger partial charge on any atom is 0.256 e. The summed E-state index contributed by atoms with van der Waals surface area (Å²) in [5.41, 5.74) is 11.8. The Bertz CT molecular complexity index is 1400. The fourth-order valence-electron chi connectivity index (χ4n) is 4.29. The number of hydrogen-bond donors (Lipinski definition) is 2. The molecule has 3 aromatic carbocycles. The summed E-state index contributed by atoms with van der Waals surface area (Å²) in [6.07, 6.45) is 0.519. The molecule has 170 valence electrons. The molecule has 0 bridgehead atoms. The van der Waals surface area contributed by atoms with Gasteiger partial charge in [-0.1, -0.05) is 43.0 Å². The minimum absolute atomic E-state index is 0.456. The lowest BCUT2D eigenvalue weighted by Crippen LogP contribution is -2.23. The maximum absolute atomic E-state index is 12.3. The van der Waals surface area contributed by atoms with E-state index in [1.165, 1.54) is 11.4 Å². The van der Waals surface area contributed by atoms with Crippen LogP contribution in [0.1, 0.15) is 40.9 Å². The monoisotopic (exact) mass is 462 g/mol. The molecule has 1 aliphatic rings. The van der Waals surface area contributed by atoms with Crippen LogP contribution in [0, 0.1) is 0 Å². The highest BCUT2D eigenvalue weighted by Crippen LogP contribution is 2.46. The average molecular weight is 463 g/mol. The van der Waals surface area contributed by atoms with E-state index in [1.54, 1.807) is 38.1 Å². The van der Waals surface area contributed by atoms with Gasteiger partial charge in [0.25, 0.3) is 10.0 Å². The van der Waals surface area contributed by atoms with Gasteiger partial charge in [0.1, 0.15) is 0 Å². The molecule has 0 heterocycles. The van der Waals surface area contributed by atoms with Gasteiger partial charge >= 0.3 is 0 Å². The second kappa shape index (κ2) is 7.86. The fraction of sp³-hybridized carbons (Fsp3) is 0.192. The number of primary amides is 1. The fourth-order valence-corrected chi connectivity index (χ4v) is 4.92. The molecule has 6 nitrogen and oxygen atoms in total. The zero-order valence-corrected chi connectivity index (χ0v) is 19.6. The van der Waals surface area contributed by atoms with Crippen molar-refractivity contribution in [3.05, 3.63) is 88.8 Å². The number of amides is 1. The van der Waals surface area contributed by atoms with Crippen molar-refractivity contribution in [1.82, 2.24) is 0 Å². The number of fused-ring (bicyclic) bond motifs is 3. The number of sulfonamides is 1. The van der Waals surface area contributed by atoms with Gasteiger partial charge in [-0.05, 0) is 77.4 Å². The summed E-state index contributed by atoms with van der Waals surface area (Å²) >= 11 is 0. The molecule has 0 atom stereocenters. The van der Waals surface area contributed by atoms with E-state index in [0.717, 1.165) is 44.4 Å². The third-order valence-electron chi connectivity index (χ3n) is 6.14. The number of hydrogen-bond acceptors (Lipinski definition) is 4. The highest BCUT2D eigenvalue weighted by molar-refractivity contribution is 7.95. The third-order valence-corrected chi connectivity index (χ3v) is 7.54. The molecule has 0 aromatic heterocycles. The number of carbonyl (C=O) groups is 1. The normalized spacial score (nSPS) is 12.7. The third kappa shape index (κ3) is 3.94. The standard InChI is InChI=1S/C26H26N2O4S/c1-5-33(31,32)28(4)19-8-6-7-16(14-19)20-11-12-22(25(27)29)23-15-17-13-18(26(2,3)30)9-10-21(17)24(20)23/h5-14,30H,1,15H2,2-4H3,(H2,27,29). The van der Waals surface area contributed by atoms with Crippen LogP contribution in [-0.2, 0) is 22.0 Å². The minimum atomic E-state index is -3.63. The van der Waals surface area contributed by atoms with Crippen LogP contribution in [0.3, 0.4) is 0 Å². The topological polar surface area (TPSA) is 101 Å². The Balaban J connectivity index is 1.92. The van der Waals surface area contributed by atoms with Gasteiger partial charge in [0.2, 0.25) is 5.91 Å². The van der Waals surface area contributed by atoms with Gasteiger partial charge in [-0.3, -0.25) is 9.10 Å². The lowest BCUT2D eigenvalue weighted by molar-refractivity contribution is 0.0785. The summed E-state index contributed by atoms with van der Waals surface area (Å²) in [7, 11) is -2.16. The van der Waals surface area contributed by atoms with Crippen LogP contribution < -0.4 is 10.0 Å². The average Bonchev–Trinajstić information content (AvgIpc) is 3.16. The summed E-state index contributed by atoms with van der Waals surface area (Å²) in [6.45, 7) is 6.86. The van der Waals surface area contributed by atoms with E-state index in [0.29, 0.717) is 17.7 Å². The first-order valence-corrected chi connectivity index (χ1v) is 12.0. The first-order valence-electron chi connectivity index (χ1n) is 10.5. The molecule has 0 saturated heterocycles. The molecule has 0 unspecified atom stereocenters. The van der Waals surface area contributed by atoms with E-state index < -0.39 is 21.5 Å². The van der Waals surface area contributed by atoms with Crippen molar-refractivity contribution in [2.24, 2.45) is 5.73 Å². The second-order valence-electron chi connectivity index (χ2n) is 8.72.